The molecule has 0 bridgehead atoms. The summed E-state index contributed by atoms with van der Waals surface area (Å²) >= 11 is 0. The van der Waals surface area contributed by atoms with Gasteiger partial charge in [0.2, 0.25) is 0 Å². The van der Waals surface area contributed by atoms with Gasteiger partial charge in [-0.1, -0.05) is 12.1 Å². The number of nitrogens with two attached hydrogens (primary N) is 1. The summed E-state index contributed by atoms with van der Waals surface area (Å²) < 4.78 is 0. The van der Waals surface area contributed by atoms with Crippen LogP contribution in [0.15, 0.2) is 18.2 Å². The fraction of sp³-hybridized carbons (Fsp3) is 0.308. The molecule has 1 aromatic heterocycles. The van der Waals surface area contributed by atoms with Crippen LogP contribution in [0.3, 0.4) is 0 Å². The van der Waals surface area contributed by atoms with Crippen molar-refractivity contribution in [2.75, 3.05) is 5.73 Å². The third-order valence-corrected chi connectivity index (χ3v) is 3.29. The van der Waals surface area contributed by atoms with Gasteiger partial charge in [0.15, 0.2) is 0 Å². The minimum absolute atomic E-state index is 0.964. The molecule has 1 aliphatic rings. The Kier molecular flexibility index (Phi) is 1.72. The van der Waals surface area contributed by atoms with Crippen molar-refractivity contribution >= 4 is 16.6 Å². The SMILES string of the molecule is Cc1cccc2nc3c(c(N)c12)CCC3. The highest BCUT2D eigenvalue weighted by Gasteiger charge is 2.18. The number of nitrogens with zero attached hydrogens (tertiary/aromatic N) is 1. The highest BCUT2D eigenvalue weighted by Crippen LogP contribution is 2.33. The number of aryl methyl sites for hydroxylation is 2. The number of rotatable bonds is 0. The van der Waals surface area contributed by atoms with Crippen molar-refractivity contribution in [2.24, 2.45) is 0 Å². The lowest BCUT2D eigenvalue weighted by atomic mass is 10.0. The summed E-state index contributed by atoms with van der Waals surface area (Å²) in [6.45, 7) is 2.10. The summed E-state index contributed by atoms with van der Waals surface area (Å²) in [7, 11) is 0. The molecule has 1 heterocycles. The maximum Gasteiger partial charge on any atom is 0.0728 e. The Balaban J connectivity index is 2.47. The molecular weight excluding hydrogens is 184 g/mol. The molecule has 0 saturated heterocycles. The third kappa shape index (κ3) is 1.14. The highest BCUT2D eigenvalue weighted by molar-refractivity contribution is 5.95. The number of anilines is 1. The van der Waals surface area contributed by atoms with E-state index in [1.807, 2.05) is 6.07 Å². The highest BCUT2D eigenvalue weighted by atomic mass is 14.7. The molecule has 0 saturated carbocycles. The summed E-state index contributed by atoms with van der Waals surface area (Å²) in [5.74, 6) is 0. The Bertz CT molecular complexity index is 544. The normalized spacial score (nSPS) is 14.5. The van der Waals surface area contributed by atoms with E-state index in [0.29, 0.717) is 0 Å². The largest absolute Gasteiger partial charge is 0.398 e. The van der Waals surface area contributed by atoms with Crippen molar-refractivity contribution in [3.8, 4) is 0 Å². The molecule has 1 aliphatic carbocycles. The van der Waals surface area contributed by atoms with E-state index >= 15 is 0 Å². The molecule has 76 valence electrons. The number of aromatic nitrogens is 1. The van der Waals surface area contributed by atoms with Crippen LogP contribution in [-0.2, 0) is 12.8 Å². The van der Waals surface area contributed by atoms with Gasteiger partial charge in [0.25, 0.3) is 0 Å². The fourth-order valence-electron chi connectivity index (χ4n) is 2.53. The predicted molar refractivity (Wildman–Crippen MR) is 62.9 cm³/mol. The van der Waals surface area contributed by atoms with Gasteiger partial charge < -0.3 is 5.73 Å². The van der Waals surface area contributed by atoms with Crippen molar-refractivity contribution in [2.45, 2.75) is 26.2 Å². The minimum atomic E-state index is 0.964. The average molecular weight is 198 g/mol. The Morgan fingerprint density at radius 1 is 1.27 bits per heavy atom. The number of fused-ring (bicyclic) bond motifs is 2. The molecule has 1 aromatic carbocycles. The Morgan fingerprint density at radius 2 is 2.13 bits per heavy atom. The van der Waals surface area contributed by atoms with Gasteiger partial charge in [-0.05, 0) is 43.4 Å². The van der Waals surface area contributed by atoms with E-state index in [2.05, 4.69) is 19.1 Å². The minimum Gasteiger partial charge on any atom is -0.398 e. The average Bonchev–Trinajstić information content (AvgIpc) is 2.66. The van der Waals surface area contributed by atoms with Crippen molar-refractivity contribution in [1.29, 1.82) is 0 Å². The number of hydrogen-bond donors (Lipinski definition) is 1. The van der Waals surface area contributed by atoms with Crippen LogP contribution in [0.5, 0.6) is 0 Å². The van der Waals surface area contributed by atoms with Gasteiger partial charge in [0.05, 0.1) is 5.52 Å². The Labute approximate surface area is 89.1 Å². The molecule has 0 atom stereocenters. The molecule has 0 radical (unpaired) electrons. The van der Waals surface area contributed by atoms with E-state index in [9.17, 15) is 0 Å². The van der Waals surface area contributed by atoms with Crippen LogP contribution in [0.1, 0.15) is 23.2 Å². The molecule has 0 aliphatic heterocycles. The zero-order valence-electron chi connectivity index (χ0n) is 8.88. The van der Waals surface area contributed by atoms with Crippen LogP contribution in [-0.4, -0.2) is 4.98 Å². The molecule has 15 heavy (non-hydrogen) atoms. The molecule has 0 unspecified atom stereocenters. The summed E-state index contributed by atoms with van der Waals surface area (Å²) in [5.41, 5.74) is 12.0. The molecule has 2 N–H and O–H groups in total. The second-order valence-electron chi connectivity index (χ2n) is 4.27. The standard InChI is InChI=1S/C13H14N2/c1-8-4-2-7-11-12(8)13(14)9-5-3-6-10(9)15-11/h2,4,7H,3,5-6H2,1H3,(H2,14,15). The molecule has 2 aromatic rings. The second-order valence-corrected chi connectivity index (χ2v) is 4.27. The first kappa shape index (κ1) is 8.72. The first-order chi connectivity index (χ1) is 7.27. The Morgan fingerprint density at radius 3 is 3.00 bits per heavy atom. The molecule has 3 rings (SSSR count). The quantitative estimate of drug-likeness (QED) is 0.706. The van der Waals surface area contributed by atoms with Crippen LogP contribution >= 0.6 is 0 Å². The van der Waals surface area contributed by atoms with E-state index in [-0.39, 0.29) is 0 Å². The van der Waals surface area contributed by atoms with E-state index in [1.54, 1.807) is 0 Å². The number of pyridine rings is 1. The van der Waals surface area contributed by atoms with Crippen LogP contribution in [0, 0.1) is 6.92 Å². The fourth-order valence-corrected chi connectivity index (χ4v) is 2.53. The topological polar surface area (TPSA) is 38.9 Å². The molecule has 0 spiro atoms. The van der Waals surface area contributed by atoms with Crippen LogP contribution in [0.2, 0.25) is 0 Å². The summed E-state index contributed by atoms with van der Waals surface area (Å²) in [5, 5.41) is 1.15. The van der Waals surface area contributed by atoms with Gasteiger partial charge in [0.1, 0.15) is 0 Å². The predicted octanol–water partition coefficient (Wildman–Crippen LogP) is 2.61. The van der Waals surface area contributed by atoms with Crippen LogP contribution in [0.4, 0.5) is 5.69 Å². The van der Waals surface area contributed by atoms with Crippen molar-refractivity contribution in [1.82, 2.24) is 4.98 Å². The zero-order chi connectivity index (χ0) is 10.4. The first-order valence-electron chi connectivity index (χ1n) is 5.44. The lowest BCUT2D eigenvalue weighted by Crippen LogP contribution is -1.99. The second kappa shape index (κ2) is 2.96. The number of hydrogen-bond acceptors (Lipinski definition) is 2. The zero-order valence-corrected chi connectivity index (χ0v) is 8.88. The number of nitrogen functional groups attached to an aromatic ring is 1. The van der Waals surface area contributed by atoms with Gasteiger partial charge in [0, 0.05) is 16.8 Å². The van der Waals surface area contributed by atoms with Crippen molar-refractivity contribution in [3.63, 3.8) is 0 Å². The van der Waals surface area contributed by atoms with E-state index in [1.165, 1.54) is 23.2 Å². The van der Waals surface area contributed by atoms with E-state index < -0.39 is 0 Å². The molecule has 0 amide bonds. The van der Waals surface area contributed by atoms with Gasteiger partial charge in [-0.25, -0.2) is 0 Å². The van der Waals surface area contributed by atoms with Crippen molar-refractivity contribution in [3.05, 3.63) is 35.0 Å². The molecule has 0 fully saturated rings. The maximum absolute atomic E-state index is 6.23. The van der Waals surface area contributed by atoms with Crippen LogP contribution < -0.4 is 5.73 Å². The summed E-state index contributed by atoms with van der Waals surface area (Å²) in [6, 6.07) is 6.20. The Hall–Kier alpha value is -1.57. The molecular formula is C13H14N2. The van der Waals surface area contributed by atoms with Gasteiger partial charge in [-0.15, -0.1) is 0 Å². The van der Waals surface area contributed by atoms with E-state index in [4.69, 9.17) is 10.7 Å². The number of benzene rings is 1. The monoisotopic (exact) mass is 198 g/mol. The van der Waals surface area contributed by atoms with E-state index in [0.717, 1.165) is 29.4 Å². The first-order valence-corrected chi connectivity index (χ1v) is 5.44. The van der Waals surface area contributed by atoms with Crippen molar-refractivity contribution < 1.29 is 0 Å². The lowest BCUT2D eigenvalue weighted by Gasteiger charge is -2.09. The smallest absolute Gasteiger partial charge is 0.0728 e. The molecule has 2 heteroatoms. The summed E-state index contributed by atoms with van der Waals surface area (Å²) in [4.78, 5) is 4.70. The third-order valence-electron chi connectivity index (χ3n) is 3.29. The maximum atomic E-state index is 6.23. The lowest BCUT2D eigenvalue weighted by molar-refractivity contribution is 0.901. The summed E-state index contributed by atoms with van der Waals surface area (Å²) in [6.07, 6.45) is 3.38. The van der Waals surface area contributed by atoms with Gasteiger partial charge in [-0.3, -0.25) is 4.98 Å². The van der Waals surface area contributed by atoms with Gasteiger partial charge in [-0.2, -0.15) is 0 Å². The van der Waals surface area contributed by atoms with Gasteiger partial charge >= 0.3 is 0 Å². The molecule has 2 nitrogen and oxygen atoms in total. The van der Waals surface area contributed by atoms with Crippen LogP contribution in [0.25, 0.3) is 10.9 Å².